The average molecular weight is 302 g/mol. The minimum atomic E-state index is 0.424. The Balaban J connectivity index is 2.03. The summed E-state index contributed by atoms with van der Waals surface area (Å²) in [5.41, 5.74) is 2.70. The minimum Gasteiger partial charge on any atom is -0.308 e. The van der Waals surface area contributed by atoms with Gasteiger partial charge < -0.3 is 10.2 Å². The Morgan fingerprint density at radius 3 is 2.38 bits per heavy atom. The molecular weight excluding hydrogens is 276 g/mol. The summed E-state index contributed by atoms with van der Waals surface area (Å²) in [4.78, 5) is 3.71. The highest BCUT2D eigenvalue weighted by molar-refractivity contribution is 7.10. The standard InChI is InChI=1S/C18H26N2S/c1-5-16(15-10-8-14(2)9-11-15)19-13-17(20(3)4)18-7-6-12-21-18/h6-12,16-17,19H,5,13H2,1-4H3. The molecule has 0 bridgehead atoms. The van der Waals surface area contributed by atoms with Crippen LogP contribution < -0.4 is 5.32 Å². The predicted octanol–water partition coefficient (Wildman–Crippen LogP) is 4.40. The summed E-state index contributed by atoms with van der Waals surface area (Å²) in [6.45, 7) is 5.35. The molecule has 0 aliphatic rings. The second kappa shape index (κ2) is 7.74. The first-order valence-electron chi connectivity index (χ1n) is 7.61. The molecule has 1 aromatic heterocycles. The maximum atomic E-state index is 3.74. The van der Waals surface area contributed by atoms with Crippen LogP contribution in [-0.4, -0.2) is 25.5 Å². The van der Waals surface area contributed by atoms with Crippen molar-refractivity contribution in [3.63, 3.8) is 0 Å². The van der Waals surface area contributed by atoms with E-state index in [4.69, 9.17) is 0 Å². The van der Waals surface area contributed by atoms with Gasteiger partial charge in [0.1, 0.15) is 0 Å². The zero-order valence-electron chi connectivity index (χ0n) is 13.5. The van der Waals surface area contributed by atoms with E-state index < -0.39 is 0 Å². The smallest absolute Gasteiger partial charge is 0.0561 e. The van der Waals surface area contributed by atoms with Crippen LogP contribution in [-0.2, 0) is 0 Å². The van der Waals surface area contributed by atoms with E-state index in [-0.39, 0.29) is 0 Å². The van der Waals surface area contributed by atoms with E-state index in [1.165, 1.54) is 16.0 Å². The van der Waals surface area contributed by atoms with Crippen molar-refractivity contribution in [3.05, 3.63) is 57.8 Å². The number of nitrogens with one attached hydrogen (secondary N) is 1. The van der Waals surface area contributed by atoms with E-state index >= 15 is 0 Å². The van der Waals surface area contributed by atoms with Gasteiger partial charge in [0, 0.05) is 17.5 Å². The summed E-state index contributed by atoms with van der Waals surface area (Å²) in [5, 5.41) is 5.90. The van der Waals surface area contributed by atoms with Gasteiger partial charge >= 0.3 is 0 Å². The van der Waals surface area contributed by atoms with Gasteiger partial charge in [0.15, 0.2) is 0 Å². The molecule has 1 N–H and O–H groups in total. The lowest BCUT2D eigenvalue weighted by Gasteiger charge is -2.27. The highest BCUT2D eigenvalue weighted by Gasteiger charge is 2.17. The maximum Gasteiger partial charge on any atom is 0.0561 e. The average Bonchev–Trinajstić information content (AvgIpc) is 2.98. The molecule has 0 aliphatic carbocycles. The van der Waals surface area contributed by atoms with Gasteiger partial charge in [-0.3, -0.25) is 0 Å². The van der Waals surface area contributed by atoms with Crippen molar-refractivity contribution >= 4 is 11.3 Å². The maximum absolute atomic E-state index is 3.74. The molecular formula is C18H26N2S. The number of nitrogens with zero attached hydrogens (tertiary/aromatic N) is 1. The Labute approximate surface area is 132 Å². The van der Waals surface area contributed by atoms with Gasteiger partial charge in [-0.2, -0.15) is 0 Å². The third-order valence-corrected chi connectivity index (χ3v) is 4.91. The molecule has 2 rings (SSSR count). The molecule has 2 atom stereocenters. The molecule has 21 heavy (non-hydrogen) atoms. The molecule has 0 fully saturated rings. The number of aryl methyl sites for hydroxylation is 1. The van der Waals surface area contributed by atoms with Crippen LogP contribution in [0.3, 0.4) is 0 Å². The molecule has 1 aromatic carbocycles. The van der Waals surface area contributed by atoms with Gasteiger partial charge in [-0.05, 0) is 44.4 Å². The summed E-state index contributed by atoms with van der Waals surface area (Å²) in [6.07, 6.45) is 1.10. The molecule has 0 saturated heterocycles. The molecule has 2 aromatic rings. The van der Waals surface area contributed by atoms with Crippen molar-refractivity contribution in [1.82, 2.24) is 10.2 Å². The highest BCUT2D eigenvalue weighted by atomic mass is 32.1. The molecule has 2 nitrogen and oxygen atoms in total. The van der Waals surface area contributed by atoms with Gasteiger partial charge in [-0.1, -0.05) is 42.8 Å². The third kappa shape index (κ3) is 4.40. The quantitative estimate of drug-likeness (QED) is 0.815. The van der Waals surface area contributed by atoms with Crippen molar-refractivity contribution < 1.29 is 0 Å². The fourth-order valence-corrected chi connectivity index (χ4v) is 3.49. The summed E-state index contributed by atoms with van der Waals surface area (Å²) >= 11 is 1.83. The summed E-state index contributed by atoms with van der Waals surface area (Å²) < 4.78 is 0. The van der Waals surface area contributed by atoms with Crippen molar-refractivity contribution in [3.8, 4) is 0 Å². The van der Waals surface area contributed by atoms with Crippen LogP contribution in [0.1, 0.15) is 41.4 Å². The molecule has 2 unspecified atom stereocenters. The Morgan fingerprint density at radius 1 is 1.14 bits per heavy atom. The fraction of sp³-hybridized carbons (Fsp3) is 0.444. The van der Waals surface area contributed by atoms with Gasteiger partial charge in [0.2, 0.25) is 0 Å². The number of benzene rings is 1. The Bertz CT molecular complexity index is 517. The molecule has 0 spiro atoms. The first kappa shape index (κ1) is 16.2. The van der Waals surface area contributed by atoms with Crippen molar-refractivity contribution in [2.45, 2.75) is 32.4 Å². The molecule has 1 heterocycles. The monoisotopic (exact) mass is 302 g/mol. The van der Waals surface area contributed by atoms with Crippen LogP contribution in [0.2, 0.25) is 0 Å². The van der Waals surface area contributed by atoms with E-state index in [1.807, 2.05) is 11.3 Å². The molecule has 0 aliphatic heterocycles. The number of thiophene rings is 1. The first-order chi connectivity index (χ1) is 10.1. The molecule has 0 saturated carbocycles. The van der Waals surface area contributed by atoms with Crippen LogP contribution in [0.5, 0.6) is 0 Å². The lowest BCUT2D eigenvalue weighted by atomic mass is 10.0. The van der Waals surface area contributed by atoms with E-state index in [9.17, 15) is 0 Å². The number of likely N-dealkylation sites (N-methyl/N-ethyl adjacent to an activating group) is 1. The van der Waals surface area contributed by atoms with Crippen molar-refractivity contribution in [2.24, 2.45) is 0 Å². The van der Waals surface area contributed by atoms with Crippen LogP contribution in [0, 0.1) is 6.92 Å². The SMILES string of the molecule is CCC(NCC(c1cccs1)N(C)C)c1ccc(C)cc1. The normalized spacial score (nSPS) is 14.3. The van der Waals surface area contributed by atoms with Gasteiger partial charge in [-0.15, -0.1) is 11.3 Å². The third-order valence-electron chi connectivity index (χ3n) is 3.94. The molecule has 114 valence electrons. The van der Waals surface area contributed by atoms with Gasteiger partial charge in [0.05, 0.1) is 6.04 Å². The second-order valence-electron chi connectivity index (χ2n) is 5.77. The lowest BCUT2D eigenvalue weighted by molar-refractivity contribution is 0.282. The summed E-state index contributed by atoms with van der Waals surface area (Å²) in [7, 11) is 4.30. The fourth-order valence-electron chi connectivity index (χ4n) is 2.57. The summed E-state index contributed by atoms with van der Waals surface area (Å²) in [5.74, 6) is 0. The zero-order valence-corrected chi connectivity index (χ0v) is 14.3. The molecule has 0 radical (unpaired) electrons. The van der Waals surface area contributed by atoms with Gasteiger partial charge in [-0.25, -0.2) is 0 Å². The van der Waals surface area contributed by atoms with Crippen LogP contribution in [0.4, 0.5) is 0 Å². The van der Waals surface area contributed by atoms with Crippen LogP contribution in [0.15, 0.2) is 41.8 Å². The molecule has 3 heteroatoms. The minimum absolute atomic E-state index is 0.424. The topological polar surface area (TPSA) is 15.3 Å². The Morgan fingerprint density at radius 2 is 1.86 bits per heavy atom. The number of hydrogen-bond acceptors (Lipinski definition) is 3. The number of hydrogen-bond donors (Lipinski definition) is 1. The first-order valence-corrected chi connectivity index (χ1v) is 8.49. The Kier molecular flexibility index (Phi) is 5.97. The van der Waals surface area contributed by atoms with Crippen LogP contribution >= 0.6 is 11.3 Å². The van der Waals surface area contributed by atoms with E-state index in [0.717, 1.165) is 13.0 Å². The summed E-state index contributed by atoms with van der Waals surface area (Å²) in [6, 6.07) is 14.1. The second-order valence-corrected chi connectivity index (χ2v) is 6.75. The predicted molar refractivity (Wildman–Crippen MR) is 93.0 cm³/mol. The zero-order chi connectivity index (χ0) is 15.2. The van der Waals surface area contributed by atoms with Crippen LogP contribution in [0.25, 0.3) is 0 Å². The van der Waals surface area contributed by atoms with Crippen molar-refractivity contribution in [1.29, 1.82) is 0 Å². The largest absolute Gasteiger partial charge is 0.308 e. The lowest BCUT2D eigenvalue weighted by Crippen LogP contribution is -2.32. The molecule has 0 amide bonds. The van der Waals surface area contributed by atoms with E-state index in [1.54, 1.807) is 0 Å². The number of rotatable bonds is 7. The van der Waals surface area contributed by atoms with Gasteiger partial charge in [0.25, 0.3) is 0 Å². The van der Waals surface area contributed by atoms with E-state index in [2.05, 4.69) is 79.9 Å². The highest BCUT2D eigenvalue weighted by Crippen LogP contribution is 2.24. The Hall–Kier alpha value is -1.16. The van der Waals surface area contributed by atoms with Crippen molar-refractivity contribution in [2.75, 3.05) is 20.6 Å². The van der Waals surface area contributed by atoms with E-state index in [0.29, 0.717) is 12.1 Å².